The van der Waals surface area contributed by atoms with Crippen molar-refractivity contribution in [3.05, 3.63) is 95.6 Å². The van der Waals surface area contributed by atoms with E-state index in [9.17, 15) is 22.8 Å². The molecule has 4 aromatic carbocycles. The molecule has 0 bridgehead atoms. The molecule has 2 aliphatic rings. The molecule has 0 atom stereocenters. The molecule has 0 saturated carbocycles. The Labute approximate surface area is 244 Å². The molecule has 42 heavy (non-hydrogen) atoms. The number of morpholine rings is 1. The summed E-state index contributed by atoms with van der Waals surface area (Å²) in [7, 11) is -3.68. The first-order valence-electron chi connectivity index (χ1n) is 13.1. The number of hydrogen-bond donors (Lipinski definition) is 1. The Bertz CT molecular complexity index is 2010. The summed E-state index contributed by atoms with van der Waals surface area (Å²) in [6.07, 6.45) is 0. The van der Waals surface area contributed by atoms with Crippen molar-refractivity contribution in [2.45, 2.75) is 4.90 Å². The second-order valence-corrected chi connectivity index (χ2v) is 12.8. The quantitative estimate of drug-likeness (QED) is 0.295. The number of nitrogens with zero attached hydrogens (tertiary/aromatic N) is 3. The number of ether oxygens (including phenoxy) is 1. The van der Waals surface area contributed by atoms with Gasteiger partial charge in [0.15, 0.2) is 5.13 Å². The SMILES string of the molecule is O=C(Nc1nc2ccc(S(=O)(=O)N3CCOCC3)cc2s1)c1ccc(N2C(=O)c3ccccc3C2=O)c2ccccc12. The van der Waals surface area contributed by atoms with Gasteiger partial charge in [-0.05, 0) is 47.9 Å². The number of imide groups is 1. The molecular formula is C30H22N4O6S2. The van der Waals surface area contributed by atoms with Crippen molar-refractivity contribution in [2.75, 3.05) is 36.5 Å². The van der Waals surface area contributed by atoms with E-state index < -0.39 is 27.7 Å². The van der Waals surface area contributed by atoms with Crippen LogP contribution in [-0.4, -0.2) is 61.7 Å². The lowest BCUT2D eigenvalue weighted by Crippen LogP contribution is -2.40. The van der Waals surface area contributed by atoms with Crippen molar-refractivity contribution >= 4 is 70.9 Å². The van der Waals surface area contributed by atoms with Gasteiger partial charge in [-0.3, -0.25) is 19.7 Å². The van der Waals surface area contributed by atoms with E-state index in [-0.39, 0.29) is 4.90 Å². The van der Waals surface area contributed by atoms with Gasteiger partial charge in [0, 0.05) is 24.0 Å². The van der Waals surface area contributed by atoms with E-state index in [0.717, 1.165) is 4.90 Å². The normalized spacial score (nSPS) is 15.9. The van der Waals surface area contributed by atoms with Gasteiger partial charge in [-0.25, -0.2) is 18.3 Å². The lowest BCUT2D eigenvalue weighted by atomic mass is 10.0. The number of benzene rings is 4. The summed E-state index contributed by atoms with van der Waals surface area (Å²) in [5, 5.41) is 4.27. The molecule has 1 saturated heterocycles. The molecule has 0 radical (unpaired) electrons. The van der Waals surface area contributed by atoms with Crippen LogP contribution in [0.1, 0.15) is 31.1 Å². The number of thiazole rings is 1. The van der Waals surface area contributed by atoms with Crippen LogP contribution in [0.15, 0.2) is 83.8 Å². The lowest BCUT2D eigenvalue weighted by molar-refractivity contribution is 0.0730. The van der Waals surface area contributed by atoms with Gasteiger partial charge in [0.1, 0.15) is 0 Å². The maximum Gasteiger partial charge on any atom is 0.266 e. The van der Waals surface area contributed by atoms with E-state index in [1.807, 2.05) is 0 Å². The van der Waals surface area contributed by atoms with Crippen molar-refractivity contribution in [2.24, 2.45) is 0 Å². The average molecular weight is 599 g/mol. The Kier molecular flexibility index (Phi) is 6.35. The maximum atomic E-state index is 13.5. The van der Waals surface area contributed by atoms with Crippen LogP contribution in [-0.2, 0) is 14.8 Å². The zero-order valence-corrected chi connectivity index (χ0v) is 23.6. The largest absolute Gasteiger partial charge is 0.379 e. The van der Waals surface area contributed by atoms with Crippen molar-refractivity contribution in [1.29, 1.82) is 0 Å². The number of carbonyl (C=O) groups excluding carboxylic acids is 3. The monoisotopic (exact) mass is 598 g/mol. The predicted octanol–water partition coefficient (Wildman–Crippen LogP) is 4.52. The van der Waals surface area contributed by atoms with E-state index in [1.54, 1.807) is 72.8 Å². The van der Waals surface area contributed by atoms with Crippen LogP contribution in [0.2, 0.25) is 0 Å². The zero-order valence-electron chi connectivity index (χ0n) is 21.9. The molecule has 3 amide bonds. The first-order valence-corrected chi connectivity index (χ1v) is 15.4. The Morgan fingerprint density at radius 3 is 2.24 bits per heavy atom. The number of hydrogen-bond acceptors (Lipinski definition) is 8. The minimum Gasteiger partial charge on any atom is -0.379 e. The molecule has 3 heterocycles. The van der Waals surface area contributed by atoms with E-state index in [0.29, 0.717) is 74.8 Å². The van der Waals surface area contributed by atoms with Crippen LogP contribution in [0.25, 0.3) is 21.0 Å². The van der Waals surface area contributed by atoms with Gasteiger partial charge in [-0.2, -0.15) is 4.31 Å². The number of fused-ring (bicyclic) bond motifs is 3. The predicted molar refractivity (Wildman–Crippen MR) is 159 cm³/mol. The van der Waals surface area contributed by atoms with Crippen LogP contribution in [0, 0.1) is 0 Å². The summed E-state index contributed by atoms with van der Waals surface area (Å²) in [5.74, 6) is -1.26. The van der Waals surface area contributed by atoms with Crippen molar-refractivity contribution in [3.63, 3.8) is 0 Å². The van der Waals surface area contributed by atoms with E-state index in [2.05, 4.69) is 10.3 Å². The molecular weight excluding hydrogens is 576 g/mol. The molecule has 210 valence electrons. The van der Waals surface area contributed by atoms with E-state index >= 15 is 0 Å². The van der Waals surface area contributed by atoms with Crippen LogP contribution in [0.3, 0.4) is 0 Å². The Morgan fingerprint density at radius 2 is 1.52 bits per heavy atom. The number of nitrogens with one attached hydrogen (secondary N) is 1. The van der Waals surface area contributed by atoms with Gasteiger partial charge in [0.25, 0.3) is 17.7 Å². The minimum absolute atomic E-state index is 0.160. The van der Waals surface area contributed by atoms with Crippen LogP contribution >= 0.6 is 11.3 Å². The highest BCUT2D eigenvalue weighted by molar-refractivity contribution is 7.89. The molecule has 5 aromatic rings. The summed E-state index contributed by atoms with van der Waals surface area (Å²) in [6, 6.07) is 21.6. The first kappa shape index (κ1) is 26.4. The molecule has 0 spiro atoms. The van der Waals surface area contributed by atoms with E-state index in [4.69, 9.17) is 4.74 Å². The second kappa shape index (κ2) is 10.1. The number of amides is 3. The summed E-state index contributed by atoms with van der Waals surface area (Å²) >= 11 is 1.17. The molecule has 0 aliphatic carbocycles. The molecule has 12 heteroatoms. The van der Waals surface area contributed by atoms with Crippen molar-refractivity contribution < 1.29 is 27.5 Å². The fourth-order valence-electron chi connectivity index (χ4n) is 5.30. The molecule has 0 unspecified atom stereocenters. The topological polar surface area (TPSA) is 126 Å². The van der Waals surface area contributed by atoms with Gasteiger partial charge in [-0.1, -0.05) is 47.7 Å². The number of carbonyl (C=O) groups is 3. The van der Waals surface area contributed by atoms with Gasteiger partial charge in [0.05, 0.1) is 45.1 Å². The van der Waals surface area contributed by atoms with Crippen molar-refractivity contribution in [1.82, 2.24) is 9.29 Å². The number of anilines is 2. The number of rotatable bonds is 5. The minimum atomic E-state index is -3.68. The third kappa shape index (κ3) is 4.27. The molecule has 10 nitrogen and oxygen atoms in total. The van der Waals surface area contributed by atoms with Crippen LogP contribution in [0.4, 0.5) is 10.8 Å². The van der Waals surface area contributed by atoms with E-state index in [1.165, 1.54) is 21.7 Å². The summed E-state index contributed by atoms with van der Waals surface area (Å²) < 4.78 is 33.5. The molecule has 2 aliphatic heterocycles. The Morgan fingerprint density at radius 1 is 0.857 bits per heavy atom. The van der Waals surface area contributed by atoms with Gasteiger partial charge in [-0.15, -0.1) is 0 Å². The molecule has 1 fully saturated rings. The highest BCUT2D eigenvalue weighted by atomic mass is 32.2. The Hall–Kier alpha value is -4.49. The smallest absolute Gasteiger partial charge is 0.266 e. The van der Waals surface area contributed by atoms with Gasteiger partial charge in [0.2, 0.25) is 10.0 Å². The maximum absolute atomic E-state index is 13.5. The van der Waals surface area contributed by atoms with Crippen LogP contribution < -0.4 is 10.2 Å². The zero-order chi connectivity index (χ0) is 29.0. The third-order valence-corrected chi connectivity index (χ3v) is 10.2. The molecule has 1 aromatic heterocycles. The second-order valence-electron chi connectivity index (χ2n) is 9.79. The van der Waals surface area contributed by atoms with Crippen LogP contribution in [0.5, 0.6) is 0 Å². The summed E-state index contributed by atoms with van der Waals surface area (Å²) in [5.41, 5.74) is 1.96. The molecule has 1 N–H and O–H groups in total. The highest BCUT2D eigenvalue weighted by Gasteiger charge is 2.37. The molecule has 7 rings (SSSR count). The van der Waals surface area contributed by atoms with Gasteiger partial charge < -0.3 is 4.74 Å². The summed E-state index contributed by atoms with van der Waals surface area (Å²) in [6.45, 7) is 1.30. The number of aromatic nitrogens is 1. The van der Waals surface area contributed by atoms with Crippen molar-refractivity contribution in [3.8, 4) is 0 Å². The average Bonchev–Trinajstić information content (AvgIpc) is 3.53. The first-order chi connectivity index (χ1) is 20.3. The fourth-order valence-corrected chi connectivity index (χ4v) is 7.71. The Balaban J connectivity index is 1.19. The van der Waals surface area contributed by atoms with Gasteiger partial charge >= 0.3 is 0 Å². The lowest BCUT2D eigenvalue weighted by Gasteiger charge is -2.25. The third-order valence-electron chi connectivity index (χ3n) is 7.37. The number of sulfonamides is 1. The highest BCUT2D eigenvalue weighted by Crippen LogP contribution is 2.36. The fraction of sp³-hybridized carbons (Fsp3) is 0.133. The summed E-state index contributed by atoms with van der Waals surface area (Å²) in [4.78, 5) is 45.5. The standard InChI is InChI=1S/C30H22N4O6S2/c35-27(32-30-31-24-11-9-18(17-26(24)41-30)42(38,39)33-13-15-40-16-14-33)21-10-12-25(20-6-2-1-5-19(20)21)34-28(36)22-7-3-4-8-23(22)29(34)37/h1-12,17H,13-16H2,(H,31,32,35).